The van der Waals surface area contributed by atoms with Crippen LogP contribution in [0.5, 0.6) is 0 Å². The summed E-state index contributed by atoms with van der Waals surface area (Å²) in [6.07, 6.45) is 3.93. The Labute approximate surface area is 109 Å². The molecular weight excluding hydrogens is 206 g/mol. The summed E-state index contributed by atoms with van der Waals surface area (Å²) < 4.78 is 0. The molecule has 102 valence electrons. The fourth-order valence-electron chi connectivity index (χ4n) is 4.39. The van der Waals surface area contributed by atoms with Crippen LogP contribution in [-0.2, 0) is 0 Å². The minimum Gasteiger partial charge on any atom is -0.311 e. The van der Waals surface area contributed by atoms with Gasteiger partial charge in [0.15, 0.2) is 0 Å². The van der Waals surface area contributed by atoms with Gasteiger partial charge in [0.05, 0.1) is 0 Å². The van der Waals surface area contributed by atoms with E-state index in [0.29, 0.717) is 11.5 Å². The molecule has 0 amide bonds. The number of rotatable bonds is 1. The highest BCUT2D eigenvalue weighted by molar-refractivity contribution is 4.89. The molecule has 1 N–H and O–H groups in total. The molecule has 1 heteroatoms. The lowest BCUT2D eigenvalue weighted by atomic mass is 9.64. The Morgan fingerprint density at radius 3 is 2.00 bits per heavy atom. The van der Waals surface area contributed by atoms with Gasteiger partial charge in [-0.1, -0.05) is 41.5 Å². The zero-order valence-electron chi connectivity index (χ0n) is 13.0. The zero-order chi connectivity index (χ0) is 13.2. The van der Waals surface area contributed by atoms with Crippen LogP contribution in [0.15, 0.2) is 0 Å². The summed E-state index contributed by atoms with van der Waals surface area (Å²) in [5.41, 5.74) is 0.439. The molecular formula is C16H33N. The van der Waals surface area contributed by atoms with E-state index >= 15 is 0 Å². The molecule has 1 nitrogen and oxygen atoms in total. The van der Waals surface area contributed by atoms with Crippen LogP contribution < -0.4 is 5.32 Å². The van der Waals surface area contributed by atoms with Gasteiger partial charge in [-0.15, -0.1) is 0 Å². The number of hydrogen-bond donors (Lipinski definition) is 1. The van der Waals surface area contributed by atoms with E-state index in [4.69, 9.17) is 0 Å². The van der Waals surface area contributed by atoms with E-state index in [-0.39, 0.29) is 0 Å². The summed E-state index contributed by atoms with van der Waals surface area (Å²) in [7, 11) is 0. The first-order valence-corrected chi connectivity index (χ1v) is 7.51. The molecule has 1 heterocycles. The maximum absolute atomic E-state index is 3.80. The number of hydrogen-bond acceptors (Lipinski definition) is 1. The SMILES string of the molecule is CCC1CC(C)C(C(C)(C)C)C(C)CC(C)N1. The molecule has 0 bridgehead atoms. The largest absolute Gasteiger partial charge is 0.311 e. The Morgan fingerprint density at radius 1 is 1.00 bits per heavy atom. The maximum Gasteiger partial charge on any atom is 0.00695 e. The summed E-state index contributed by atoms with van der Waals surface area (Å²) in [6, 6.07) is 1.39. The average molecular weight is 239 g/mol. The second-order valence-electron chi connectivity index (χ2n) is 7.49. The van der Waals surface area contributed by atoms with Crippen molar-refractivity contribution >= 4 is 0 Å². The Hall–Kier alpha value is -0.0400. The third-order valence-electron chi connectivity index (χ3n) is 4.62. The highest BCUT2D eigenvalue weighted by Gasteiger charge is 2.37. The predicted molar refractivity (Wildman–Crippen MR) is 77.2 cm³/mol. The van der Waals surface area contributed by atoms with Crippen LogP contribution in [0.2, 0.25) is 0 Å². The van der Waals surface area contributed by atoms with Gasteiger partial charge >= 0.3 is 0 Å². The molecule has 0 saturated carbocycles. The quantitative estimate of drug-likeness (QED) is 0.712. The van der Waals surface area contributed by atoms with E-state index in [9.17, 15) is 0 Å². The van der Waals surface area contributed by atoms with Crippen LogP contribution in [-0.4, -0.2) is 12.1 Å². The second kappa shape index (κ2) is 5.73. The standard InChI is InChI=1S/C16H33N/c1-8-14-10-12(3)15(16(5,6)7)11(2)9-13(4)17-14/h11-15,17H,8-10H2,1-7H3. The van der Waals surface area contributed by atoms with Crippen molar-refractivity contribution in [3.8, 4) is 0 Å². The molecule has 0 spiro atoms. The van der Waals surface area contributed by atoms with Gasteiger partial charge in [-0.2, -0.15) is 0 Å². The minimum atomic E-state index is 0.439. The van der Waals surface area contributed by atoms with E-state index in [1.54, 1.807) is 0 Å². The van der Waals surface area contributed by atoms with Crippen molar-refractivity contribution in [3.63, 3.8) is 0 Å². The van der Waals surface area contributed by atoms with Crippen LogP contribution in [0.1, 0.15) is 67.7 Å². The average Bonchev–Trinajstić information content (AvgIpc) is 2.11. The van der Waals surface area contributed by atoms with Gasteiger partial charge in [-0.05, 0) is 49.4 Å². The van der Waals surface area contributed by atoms with Crippen molar-refractivity contribution in [2.24, 2.45) is 23.2 Å². The molecule has 0 aliphatic carbocycles. The second-order valence-corrected chi connectivity index (χ2v) is 7.49. The van der Waals surface area contributed by atoms with Gasteiger partial charge in [0.25, 0.3) is 0 Å². The van der Waals surface area contributed by atoms with E-state index in [2.05, 4.69) is 53.8 Å². The van der Waals surface area contributed by atoms with E-state index < -0.39 is 0 Å². The van der Waals surface area contributed by atoms with Crippen molar-refractivity contribution in [2.45, 2.75) is 79.8 Å². The fourth-order valence-corrected chi connectivity index (χ4v) is 4.39. The van der Waals surface area contributed by atoms with Crippen LogP contribution in [0.3, 0.4) is 0 Å². The first kappa shape index (κ1) is 15.0. The lowest BCUT2D eigenvalue weighted by Gasteiger charge is -2.44. The van der Waals surface area contributed by atoms with Gasteiger partial charge in [0.1, 0.15) is 0 Å². The fraction of sp³-hybridized carbons (Fsp3) is 1.00. The monoisotopic (exact) mass is 239 g/mol. The van der Waals surface area contributed by atoms with Gasteiger partial charge in [-0.3, -0.25) is 0 Å². The summed E-state index contributed by atoms with van der Waals surface area (Å²) in [5.74, 6) is 2.50. The topological polar surface area (TPSA) is 12.0 Å². The Kier molecular flexibility index (Phi) is 5.07. The van der Waals surface area contributed by atoms with E-state index in [0.717, 1.165) is 23.8 Å². The molecule has 1 rings (SSSR count). The van der Waals surface area contributed by atoms with Crippen LogP contribution in [0, 0.1) is 23.2 Å². The van der Waals surface area contributed by atoms with Crippen molar-refractivity contribution in [1.82, 2.24) is 5.32 Å². The molecule has 1 aliphatic heterocycles. The van der Waals surface area contributed by atoms with Gasteiger partial charge in [0.2, 0.25) is 0 Å². The zero-order valence-corrected chi connectivity index (χ0v) is 13.0. The summed E-state index contributed by atoms with van der Waals surface area (Å²) in [5, 5.41) is 3.80. The lowest BCUT2D eigenvalue weighted by Crippen LogP contribution is -2.45. The molecule has 17 heavy (non-hydrogen) atoms. The third kappa shape index (κ3) is 3.98. The highest BCUT2D eigenvalue weighted by atomic mass is 14.9. The smallest absolute Gasteiger partial charge is 0.00695 e. The summed E-state index contributed by atoms with van der Waals surface area (Å²) in [6.45, 7) is 16.9. The van der Waals surface area contributed by atoms with Gasteiger partial charge in [0, 0.05) is 12.1 Å². The number of nitrogens with one attached hydrogen (secondary N) is 1. The lowest BCUT2D eigenvalue weighted by molar-refractivity contribution is 0.0686. The molecule has 0 aromatic rings. The van der Waals surface area contributed by atoms with Crippen molar-refractivity contribution < 1.29 is 0 Å². The Bertz CT molecular complexity index is 228. The van der Waals surface area contributed by atoms with E-state index in [1.807, 2.05) is 0 Å². The van der Waals surface area contributed by atoms with Crippen LogP contribution in [0.4, 0.5) is 0 Å². The third-order valence-corrected chi connectivity index (χ3v) is 4.62. The first-order valence-electron chi connectivity index (χ1n) is 7.51. The van der Waals surface area contributed by atoms with Crippen molar-refractivity contribution in [1.29, 1.82) is 0 Å². The van der Waals surface area contributed by atoms with Gasteiger partial charge < -0.3 is 5.32 Å². The molecule has 1 fully saturated rings. The molecule has 1 saturated heterocycles. The Balaban J connectivity index is 2.86. The summed E-state index contributed by atoms with van der Waals surface area (Å²) in [4.78, 5) is 0. The predicted octanol–water partition coefficient (Wildman–Crippen LogP) is 4.47. The van der Waals surface area contributed by atoms with E-state index in [1.165, 1.54) is 19.3 Å². The van der Waals surface area contributed by atoms with Crippen LogP contribution >= 0.6 is 0 Å². The Morgan fingerprint density at radius 2 is 1.53 bits per heavy atom. The minimum absolute atomic E-state index is 0.439. The molecule has 0 radical (unpaired) electrons. The highest BCUT2D eigenvalue weighted by Crippen LogP contribution is 2.42. The normalized spacial score (nSPS) is 40.8. The molecule has 0 aromatic carbocycles. The molecule has 5 atom stereocenters. The molecule has 1 aliphatic rings. The van der Waals surface area contributed by atoms with Crippen molar-refractivity contribution in [3.05, 3.63) is 0 Å². The summed E-state index contributed by atoms with van der Waals surface area (Å²) >= 11 is 0. The first-order chi connectivity index (χ1) is 7.75. The van der Waals surface area contributed by atoms with Crippen molar-refractivity contribution in [2.75, 3.05) is 0 Å². The maximum atomic E-state index is 3.80. The van der Waals surface area contributed by atoms with Gasteiger partial charge in [-0.25, -0.2) is 0 Å². The molecule has 5 unspecified atom stereocenters. The molecule has 0 aromatic heterocycles. The van der Waals surface area contributed by atoms with Crippen LogP contribution in [0.25, 0.3) is 0 Å².